The summed E-state index contributed by atoms with van der Waals surface area (Å²) in [6.07, 6.45) is 1.18. The molecule has 0 aliphatic carbocycles. The van der Waals surface area contributed by atoms with Crippen molar-refractivity contribution in [1.82, 2.24) is 9.88 Å². The van der Waals surface area contributed by atoms with Gasteiger partial charge in [0.25, 0.3) is 0 Å². The first-order chi connectivity index (χ1) is 10.6. The van der Waals surface area contributed by atoms with Crippen LogP contribution in [0.5, 0.6) is 5.75 Å². The summed E-state index contributed by atoms with van der Waals surface area (Å²) in [4.78, 5) is 18.3. The fourth-order valence-electron chi connectivity index (χ4n) is 3.07. The second-order valence-corrected chi connectivity index (χ2v) is 5.52. The largest absolute Gasteiger partial charge is 0.506 e. The minimum Gasteiger partial charge on any atom is -0.506 e. The van der Waals surface area contributed by atoms with Crippen LogP contribution in [0.2, 0.25) is 0 Å². The molecule has 0 radical (unpaired) electrons. The van der Waals surface area contributed by atoms with Gasteiger partial charge in [-0.25, -0.2) is 9.78 Å². The van der Waals surface area contributed by atoms with Crippen molar-refractivity contribution in [2.24, 2.45) is 0 Å². The average molecular weight is 337 g/mol. The van der Waals surface area contributed by atoms with Crippen LogP contribution in [0, 0.1) is 6.92 Å². The summed E-state index contributed by atoms with van der Waals surface area (Å²) in [7, 11) is 0. The number of nitrogens with zero attached hydrogens (tertiary/aromatic N) is 2. The van der Waals surface area contributed by atoms with Gasteiger partial charge >= 0.3 is 6.09 Å². The summed E-state index contributed by atoms with van der Waals surface area (Å²) in [5.41, 5.74) is 3.94. The van der Waals surface area contributed by atoms with Crippen molar-refractivity contribution in [3.63, 3.8) is 0 Å². The van der Waals surface area contributed by atoms with Crippen molar-refractivity contribution < 1.29 is 14.6 Å². The van der Waals surface area contributed by atoms with E-state index in [-0.39, 0.29) is 24.2 Å². The van der Waals surface area contributed by atoms with Crippen molar-refractivity contribution in [3.8, 4) is 5.75 Å². The van der Waals surface area contributed by atoms with Gasteiger partial charge in [-0.1, -0.05) is 12.1 Å². The number of para-hydroxylation sites is 1. The van der Waals surface area contributed by atoms with Gasteiger partial charge in [0.1, 0.15) is 11.3 Å². The molecule has 0 saturated heterocycles. The molecule has 23 heavy (non-hydrogen) atoms. The maximum atomic E-state index is 11.9. The first kappa shape index (κ1) is 17.3. The molecule has 1 aliphatic rings. The van der Waals surface area contributed by atoms with Gasteiger partial charge in [-0.15, -0.1) is 12.4 Å². The highest BCUT2D eigenvalue weighted by atomic mass is 35.5. The molecular weight excluding hydrogens is 316 g/mol. The van der Waals surface area contributed by atoms with E-state index in [1.165, 1.54) is 5.56 Å². The van der Waals surface area contributed by atoms with Crippen LogP contribution < -0.4 is 0 Å². The van der Waals surface area contributed by atoms with Crippen LogP contribution >= 0.6 is 12.4 Å². The first-order valence-electron chi connectivity index (χ1n) is 7.63. The second kappa shape index (κ2) is 7.04. The zero-order valence-corrected chi connectivity index (χ0v) is 14.2. The molecule has 5 nitrogen and oxygen atoms in total. The number of halogens is 1. The molecule has 0 bridgehead atoms. The van der Waals surface area contributed by atoms with E-state index in [0.29, 0.717) is 31.6 Å². The van der Waals surface area contributed by atoms with Crippen LogP contribution in [-0.2, 0) is 17.6 Å². The molecule has 1 aliphatic heterocycles. The third-order valence-electron chi connectivity index (χ3n) is 4.24. The van der Waals surface area contributed by atoms with Crippen molar-refractivity contribution in [2.75, 3.05) is 19.7 Å². The van der Waals surface area contributed by atoms with Crippen LogP contribution in [0.3, 0.4) is 0 Å². The Bertz CT molecular complexity index is 733. The number of hydrogen-bond acceptors (Lipinski definition) is 4. The van der Waals surface area contributed by atoms with Gasteiger partial charge in [-0.3, -0.25) is 0 Å². The number of hydrogen-bond donors (Lipinski definition) is 1. The number of carbonyl (C=O) groups excluding carboxylic acids is 1. The monoisotopic (exact) mass is 336 g/mol. The van der Waals surface area contributed by atoms with Gasteiger partial charge in [0.2, 0.25) is 0 Å². The topological polar surface area (TPSA) is 62.7 Å². The number of ether oxygens (including phenoxy) is 1. The maximum Gasteiger partial charge on any atom is 0.409 e. The molecule has 0 spiro atoms. The Morgan fingerprint density at radius 2 is 2.09 bits per heavy atom. The summed E-state index contributed by atoms with van der Waals surface area (Å²) in [5.74, 6) is 0.204. The summed E-state index contributed by atoms with van der Waals surface area (Å²) in [6.45, 7) is 5.49. The molecular formula is C17H21ClN2O3. The molecule has 0 unspecified atom stereocenters. The maximum absolute atomic E-state index is 11.9. The first-order valence-corrected chi connectivity index (χ1v) is 7.63. The predicted molar refractivity (Wildman–Crippen MR) is 91.4 cm³/mol. The van der Waals surface area contributed by atoms with Gasteiger partial charge in [-0.05, 0) is 37.5 Å². The number of rotatable bonds is 1. The van der Waals surface area contributed by atoms with E-state index in [1.54, 1.807) is 11.0 Å². The molecule has 1 amide bonds. The quantitative estimate of drug-likeness (QED) is 0.868. The van der Waals surface area contributed by atoms with E-state index in [9.17, 15) is 9.90 Å². The van der Waals surface area contributed by atoms with E-state index < -0.39 is 0 Å². The smallest absolute Gasteiger partial charge is 0.409 e. The Hall–Kier alpha value is -2.01. The summed E-state index contributed by atoms with van der Waals surface area (Å²) >= 11 is 0. The van der Waals surface area contributed by atoms with E-state index >= 15 is 0 Å². The minimum atomic E-state index is -0.264. The predicted octanol–water partition coefficient (Wildman–Crippen LogP) is 3.23. The summed E-state index contributed by atoms with van der Waals surface area (Å²) in [6, 6.07) is 5.47. The number of phenolic OH excluding ortho intramolecular Hbond substituents is 1. The number of aromatic nitrogens is 1. The Balaban J connectivity index is 0.00000192. The fraction of sp³-hybridized carbons (Fsp3) is 0.412. The molecule has 1 aromatic heterocycles. The van der Waals surface area contributed by atoms with Crippen molar-refractivity contribution in [2.45, 2.75) is 26.7 Å². The van der Waals surface area contributed by atoms with Crippen LogP contribution in [0.15, 0.2) is 18.2 Å². The molecule has 2 aromatic rings. The number of benzene rings is 1. The number of fused-ring (bicyclic) bond motifs is 2. The normalized spacial score (nSPS) is 13.9. The van der Waals surface area contributed by atoms with Crippen LogP contribution in [0.25, 0.3) is 10.9 Å². The van der Waals surface area contributed by atoms with Crippen LogP contribution in [0.4, 0.5) is 4.79 Å². The molecule has 0 atom stereocenters. The minimum absolute atomic E-state index is 0. The highest BCUT2D eigenvalue weighted by molar-refractivity contribution is 5.88. The molecule has 1 aromatic carbocycles. The lowest BCUT2D eigenvalue weighted by atomic mass is 9.98. The third-order valence-corrected chi connectivity index (χ3v) is 4.24. The molecule has 124 valence electrons. The van der Waals surface area contributed by atoms with Gasteiger partial charge in [0.05, 0.1) is 6.61 Å². The fourth-order valence-corrected chi connectivity index (χ4v) is 3.07. The second-order valence-electron chi connectivity index (χ2n) is 5.52. The van der Waals surface area contributed by atoms with Gasteiger partial charge < -0.3 is 14.7 Å². The van der Waals surface area contributed by atoms with Crippen molar-refractivity contribution >= 4 is 29.4 Å². The number of aryl methyl sites for hydroxylation is 1. The lowest BCUT2D eigenvalue weighted by Gasteiger charge is -2.18. The number of pyridine rings is 1. The SMILES string of the molecule is CCOC(=O)N1CCc2nc3c(O)cccc3c(C)c2CC1.Cl. The van der Waals surface area contributed by atoms with E-state index in [2.05, 4.69) is 11.9 Å². The van der Waals surface area contributed by atoms with E-state index in [4.69, 9.17) is 4.74 Å². The number of phenols is 1. The Morgan fingerprint density at radius 3 is 2.83 bits per heavy atom. The molecule has 0 saturated carbocycles. The lowest BCUT2D eigenvalue weighted by molar-refractivity contribution is 0.109. The highest BCUT2D eigenvalue weighted by Crippen LogP contribution is 2.30. The number of carbonyl (C=O) groups is 1. The van der Waals surface area contributed by atoms with Crippen molar-refractivity contribution in [1.29, 1.82) is 0 Å². The average Bonchev–Trinajstić information content (AvgIpc) is 2.72. The Morgan fingerprint density at radius 1 is 1.35 bits per heavy atom. The number of aromatic hydroxyl groups is 1. The number of amides is 1. The highest BCUT2D eigenvalue weighted by Gasteiger charge is 2.22. The van der Waals surface area contributed by atoms with Gasteiger partial charge in [0, 0.05) is 30.6 Å². The van der Waals surface area contributed by atoms with E-state index in [1.807, 2.05) is 19.1 Å². The van der Waals surface area contributed by atoms with Crippen molar-refractivity contribution in [3.05, 3.63) is 35.0 Å². The molecule has 3 rings (SSSR count). The van der Waals surface area contributed by atoms with Gasteiger partial charge in [0.15, 0.2) is 0 Å². The molecule has 6 heteroatoms. The van der Waals surface area contributed by atoms with Crippen LogP contribution in [0.1, 0.15) is 23.7 Å². The zero-order chi connectivity index (χ0) is 15.7. The van der Waals surface area contributed by atoms with Gasteiger partial charge in [-0.2, -0.15) is 0 Å². The zero-order valence-electron chi connectivity index (χ0n) is 13.3. The standard InChI is InChI=1S/C17H20N2O3.ClH/c1-3-22-17(21)19-9-7-12-11(2)13-5-4-6-15(20)16(13)18-14(12)8-10-19;/h4-6,20H,3,7-10H2,1-2H3;1H. The van der Waals surface area contributed by atoms with Crippen LogP contribution in [-0.4, -0.2) is 40.8 Å². The van der Waals surface area contributed by atoms with E-state index in [0.717, 1.165) is 23.1 Å². The summed E-state index contributed by atoms with van der Waals surface area (Å²) in [5, 5.41) is 11.0. The Kier molecular flexibility index (Phi) is 5.31. The Labute approximate surface area is 141 Å². The molecule has 1 N–H and O–H groups in total. The summed E-state index contributed by atoms with van der Waals surface area (Å²) < 4.78 is 5.09. The molecule has 0 fully saturated rings. The molecule has 2 heterocycles. The lowest BCUT2D eigenvalue weighted by Crippen LogP contribution is -2.33. The third kappa shape index (κ3) is 3.20.